The molecule has 0 amide bonds. The number of hydrogen-bond acceptors (Lipinski definition) is 4. The van der Waals surface area contributed by atoms with Crippen LogP contribution in [-0.4, -0.2) is 9.97 Å². The first-order valence-electron chi connectivity index (χ1n) is 4.77. The Kier molecular flexibility index (Phi) is 3.17. The Labute approximate surface area is 102 Å². The van der Waals surface area contributed by atoms with Crippen molar-refractivity contribution in [1.82, 2.24) is 9.97 Å². The van der Waals surface area contributed by atoms with E-state index in [0.717, 1.165) is 15.7 Å². The third-order valence-electron chi connectivity index (χ3n) is 2.10. The molecule has 0 saturated heterocycles. The second-order valence-corrected chi connectivity index (χ2v) is 4.29. The van der Waals surface area contributed by atoms with Gasteiger partial charge in [-0.2, -0.15) is 0 Å². The van der Waals surface area contributed by atoms with Crippen molar-refractivity contribution in [2.24, 2.45) is 5.84 Å². The van der Waals surface area contributed by atoms with Gasteiger partial charge in [0, 0.05) is 21.8 Å². The average molecular weight is 279 g/mol. The van der Waals surface area contributed by atoms with Gasteiger partial charge in [-0.3, -0.25) is 0 Å². The number of nitrogens with two attached hydrogens (primary N) is 1. The molecule has 0 spiro atoms. The molecule has 1 aromatic heterocycles. The zero-order valence-corrected chi connectivity index (χ0v) is 10.3. The summed E-state index contributed by atoms with van der Waals surface area (Å²) >= 11 is 3.39. The minimum absolute atomic E-state index is 0.616. The molecule has 2 aromatic rings. The van der Waals surface area contributed by atoms with E-state index in [9.17, 15) is 0 Å². The summed E-state index contributed by atoms with van der Waals surface area (Å²) < 4.78 is 1.03. The fourth-order valence-corrected chi connectivity index (χ4v) is 1.63. The lowest BCUT2D eigenvalue weighted by Crippen LogP contribution is -2.09. The molecule has 1 heterocycles. The maximum Gasteiger partial charge on any atom is 0.161 e. The van der Waals surface area contributed by atoms with Crippen molar-refractivity contribution in [1.29, 1.82) is 0 Å². The normalized spacial score (nSPS) is 10.2. The summed E-state index contributed by atoms with van der Waals surface area (Å²) in [6.07, 6.45) is 0. The van der Waals surface area contributed by atoms with Crippen molar-refractivity contribution in [3.63, 3.8) is 0 Å². The Balaban J connectivity index is 2.47. The van der Waals surface area contributed by atoms with Gasteiger partial charge in [0.2, 0.25) is 0 Å². The van der Waals surface area contributed by atoms with Gasteiger partial charge in [-0.05, 0) is 19.1 Å². The summed E-state index contributed by atoms with van der Waals surface area (Å²) in [6, 6.07) is 9.62. The quantitative estimate of drug-likeness (QED) is 0.655. The van der Waals surface area contributed by atoms with Crippen LogP contribution in [0.25, 0.3) is 11.4 Å². The monoisotopic (exact) mass is 278 g/mol. The van der Waals surface area contributed by atoms with E-state index < -0.39 is 0 Å². The van der Waals surface area contributed by atoms with Crippen LogP contribution < -0.4 is 11.3 Å². The second kappa shape index (κ2) is 4.59. The number of nitrogens with zero attached hydrogens (tertiary/aromatic N) is 2. The second-order valence-electron chi connectivity index (χ2n) is 3.37. The fraction of sp³-hybridized carbons (Fsp3) is 0.0909. The standard InChI is InChI=1S/C11H11BrN4/c1-7-6-10(16-13)15-11(14-7)8-2-4-9(12)5-3-8/h2-6H,13H2,1H3,(H,14,15,16). The molecule has 0 unspecified atom stereocenters. The molecule has 16 heavy (non-hydrogen) atoms. The van der Waals surface area contributed by atoms with Crippen molar-refractivity contribution >= 4 is 21.7 Å². The first kappa shape index (κ1) is 11.0. The zero-order chi connectivity index (χ0) is 11.5. The van der Waals surface area contributed by atoms with E-state index in [-0.39, 0.29) is 0 Å². The first-order valence-corrected chi connectivity index (χ1v) is 5.56. The van der Waals surface area contributed by atoms with Gasteiger partial charge in [0.15, 0.2) is 5.82 Å². The molecular formula is C11H11BrN4. The average Bonchev–Trinajstić information content (AvgIpc) is 2.29. The maximum absolute atomic E-state index is 5.34. The molecule has 0 saturated carbocycles. The smallest absolute Gasteiger partial charge is 0.161 e. The number of halogens is 1. The SMILES string of the molecule is Cc1cc(NN)nc(-c2ccc(Br)cc2)n1. The lowest BCUT2D eigenvalue weighted by Gasteiger charge is -2.05. The van der Waals surface area contributed by atoms with Crippen molar-refractivity contribution in [2.45, 2.75) is 6.92 Å². The zero-order valence-electron chi connectivity index (χ0n) is 8.74. The molecule has 2 rings (SSSR count). The van der Waals surface area contributed by atoms with Crippen LogP contribution in [0.1, 0.15) is 5.69 Å². The van der Waals surface area contributed by atoms with Gasteiger partial charge < -0.3 is 5.43 Å². The number of nitrogens with one attached hydrogen (secondary N) is 1. The number of hydrogen-bond donors (Lipinski definition) is 2. The summed E-state index contributed by atoms with van der Waals surface area (Å²) in [7, 11) is 0. The molecular weight excluding hydrogens is 268 g/mol. The Bertz CT molecular complexity index is 496. The summed E-state index contributed by atoms with van der Waals surface area (Å²) in [5.41, 5.74) is 4.37. The molecule has 4 nitrogen and oxygen atoms in total. The van der Waals surface area contributed by atoms with Gasteiger partial charge in [0.1, 0.15) is 5.82 Å². The molecule has 0 bridgehead atoms. The number of hydrazine groups is 1. The molecule has 0 atom stereocenters. The molecule has 5 heteroatoms. The topological polar surface area (TPSA) is 63.8 Å². The minimum atomic E-state index is 0.616. The molecule has 0 fully saturated rings. The summed E-state index contributed by atoms with van der Waals surface area (Å²) in [5.74, 6) is 6.63. The van der Waals surface area contributed by atoms with E-state index in [1.54, 1.807) is 6.07 Å². The van der Waals surface area contributed by atoms with E-state index >= 15 is 0 Å². The van der Waals surface area contributed by atoms with E-state index in [1.807, 2.05) is 31.2 Å². The molecule has 0 aliphatic rings. The lowest BCUT2D eigenvalue weighted by molar-refractivity contribution is 1.09. The predicted octanol–water partition coefficient (Wildman–Crippen LogP) is 2.50. The van der Waals surface area contributed by atoms with Crippen LogP contribution in [-0.2, 0) is 0 Å². The van der Waals surface area contributed by atoms with E-state index in [1.165, 1.54) is 0 Å². The first-order chi connectivity index (χ1) is 7.69. The number of rotatable bonds is 2. The highest BCUT2D eigenvalue weighted by atomic mass is 79.9. The minimum Gasteiger partial charge on any atom is -0.308 e. The molecule has 0 aliphatic carbocycles. The highest BCUT2D eigenvalue weighted by Gasteiger charge is 2.03. The van der Waals surface area contributed by atoms with Crippen LogP contribution >= 0.6 is 15.9 Å². The molecule has 1 aromatic carbocycles. The van der Waals surface area contributed by atoms with Gasteiger partial charge in [-0.25, -0.2) is 15.8 Å². The van der Waals surface area contributed by atoms with Gasteiger partial charge in [-0.1, -0.05) is 28.1 Å². The van der Waals surface area contributed by atoms with Crippen molar-refractivity contribution < 1.29 is 0 Å². The van der Waals surface area contributed by atoms with Crippen LogP contribution in [0.15, 0.2) is 34.8 Å². The van der Waals surface area contributed by atoms with Crippen LogP contribution in [0.3, 0.4) is 0 Å². The molecule has 0 radical (unpaired) electrons. The molecule has 3 N–H and O–H groups in total. The largest absolute Gasteiger partial charge is 0.308 e. The van der Waals surface area contributed by atoms with E-state index in [2.05, 4.69) is 31.3 Å². The Morgan fingerprint density at radius 1 is 1.19 bits per heavy atom. The van der Waals surface area contributed by atoms with E-state index in [4.69, 9.17) is 5.84 Å². The number of nitrogen functional groups attached to an aromatic ring is 1. The predicted molar refractivity (Wildman–Crippen MR) is 67.7 cm³/mol. The molecule has 0 aliphatic heterocycles. The third-order valence-corrected chi connectivity index (χ3v) is 2.63. The fourth-order valence-electron chi connectivity index (χ4n) is 1.37. The van der Waals surface area contributed by atoms with Gasteiger partial charge in [0.25, 0.3) is 0 Å². The van der Waals surface area contributed by atoms with Crippen molar-refractivity contribution in [2.75, 3.05) is 5.43 Å². The Morgan fingerprint density at radius 3 is 2.50 bits per heavy atom. The molecule has 82 valence electrons. The van der Waals surface area contributed by atoms with Crippen LogP contribution in [0.2, 0.25) is 0 Å². The number of benzene rings is 1. The lowest BCUT2D eigenvalue weighted by atomic mass is 10.2. The van der Waals surface area contributed by atoms with Gasteiger partial charge in [0.05, 0.1) is 0 Å². The summed E-state index contributed by atoms with van der Waals surface area (Å²) in [6.45, 7) is 1.91. The van der Waals surface area contributed by atoms with E-state index in [0.29, 0.717) is 11.6 Å². The van der Waals surface area contributed by atoms with Crippen LogP contribution in [0, 0.1) is 6.92 Å². The number of anilines is 1. The summed E-state index contributed by atoms with van der Waals surface area (Å²) in [5, 5.41) is 0. The number of aryl methyl sites for hydroxylation is 1. The highest BCUT2D eigenvalue weighted by molar-refractivity contribution is 9.10. The number of aromatic nitrogens is 2. The Morgan fingerprint density at radius 2 is 1.88 bits per heavy atom. The van der Waals surface area contributed by atoms with Crippen molar-refractivity contribution in [3.8, 4) is 11.4 Å². The van der Waals surface area contributed by atoms with Gasteiger partial charge in [-0.15, -0.1) is 0 Å². The van der Waals surface area contributed by atoms with Crippen LogP contribution in [0.4, 0.5) is 5.82 Å². The van der Waals surface area contributed by atoms with Gasteiger partial charge >= 0.3 is 0 Å². The Hall–Kier alpha value is -1.46. The maximum atomic E-state index is 5.34. The van der Waals surface area contributed by atoms with Crippen molar-refractivity contribution in [3.05, 3.63) is 40.5 Å². The summed E-state index contributed by atoms with van der Waals surface area (Å²) in [4.78, 5) is 8.65. The highest BCUT2D eigenvalue weighted by Crippen LogP contribution is 2.20. The van der Waals surface area contributed by atoms with Crippen LogP contribution in [0.5, 0.6) is 0 Å². The third kappa shape index (κ3) is 2.37.